The first-order valence-electron chi connectivity index (χ1n) is 6.53. The van der Waals surface area contributed by atoms with Crippen LogP contribution in [0.4, 0.5) is 17.2 Å². The van der Waals surface area contributed by atoms with Crippen molar-refractivity contribution in [2.24, 2.45) is 0 Å². The highest BCUT2D eigenvalue weighted by molar-refractivity contribution is 9.10. The molecule has 0 spiro atoms. The lowest BCUT2D eigenvalue weighted by atomic mass is 10.3. The van der Waals surface area contributed by atoms with Crippen LogP contribution < -0.4 is 20.5 Å². The fourth-order valence-corrected chi connectivity index (χ4v) is 2.12. The van der Waals surface area contributed by atoms with Gasteiger partial charge < -0.3 is 20.5 Å². The summed E-state index contributed by atoms with van der Waals surface area (Å²) in [6, 6.07) is 9.25. The van der Waals surface area contributed by atoms with Gasteiger partial charge in [-0.1, -0.05) is 15.9 Å². The van der Waals surface area contributed by atoms with E-state index < -0.39 is 0 Å². The fourth-order valence-electron chi connectivity index (χ4n) is 1.75. The SMILES string of the molecule is COc1ccc(Br)cc1Nc1ccc(N)c(OC(C)C)n1. The summed E-state index contributed by atoms with van der Waals surface area (Å²) >= 11 is 3.44. The van der Waals surface area contributed by atoms with Crippen LogP contribution in [0.5, 0.6) is 11.6 Å². The van der Waals surface area contributed by atoms with Crippen LogP contribution >= 0.6 is 15.9 Å². The number of anilines is 3. The van der Waals surface area contributed by atoms with Gasteiger partial charge in [-0.3, -0.25) is 0 Å². The van der Waals surface area contributed by atoms with Gasteiger partial charge in [-0.15, -0.1) is 0 Å². The van der Waals surface area contributed by atoms with Crippen LogP contribution in [0.25, 0.3) is 0 Å². The van der Waals surface area contributed by atoms with E-state index in [1.807, 2.05) is 32.0 Å². The largest absolute Gasteiger partial charge is 0.495 e. The Bertz CT molecular complexity index is 632. The van der Waals surface area contributed by atoms with Crippen molar-refractivity contribution in [2.45, 2.75) is 20.0 Å². The first kappa shape index (κ1) is 15.4. The average Bonchev–Trinajstić information content (AvgIpc) is 2.42. The Kier molecular flexibility index (Phi) is 4.90. The topological polar surface area (TPSA) is 69.4 Å². The van der Waals surface area contributed by atoms with E-state index >= 15 is 0 Å². The van der Waals surface area contributed by atoms with Crippen molar-refractivity contribution in [1.29, 1.82) is 0 Å². The molecule has 0 radical (unpaired) electrons. The first-order valence-corrected chi connectivity index (χ1v) is 7.32. The minimum atomic E-state index is 0.00968. The quantitative estimate of drug-likeness (QED) is 0.852. The molecule has 0 aliphatic heterocycles. The number of rotatable bonds is 5. The highest BCUT2D eigenvalue weighted by atomic mass is 79.9. The Morgan fingerprint density at radius 1 is 1.24 bits per heavy atom. The van der Waals surface area contributed by atoms with Gasteiger partial charge in [0.25, 0.3) is 0 Å². The number of nitrogen functional groups attached to an aromatic ring is 1. The number of hydrogen-bond donors (Lipinski definition) is 2. The van der Waals surface area contributed by atoms with Gasteiger partial charge in [-0.05, 0) is 44.2 Å². The van der Waals surface area contributed by atoms with Gasteiger partial charge in [0, 0.05) is 4.47 Å². The molecule has 5 nitrogen and oxygen atoms in total. The molecule has 0 amide bonds. The summed E-state index contributed by atoms with van der Waals surface area (Å²) in [5.41, 5.74) is 7.18. The Morgan fingerprint density at radius 2 is 2.00 bits per heavy atom. The Labute approximate surface area is 132 Å². The molecule has 112 valence electrons. The number of pyridine rings is 1. The molecule has 0 atom stereocenters. The molecular formula is C15H18BrN3O2. The average molecular weight is 352 g/mol. The third kappa shape index (κ3) is 4.01. The third-order valence-electron chi connectivity index (χ3n) is 2.66. The summed E-state index contributed by atoms with van der Waals surface area (Å²) < 4.78 is 11.9. The molecule has 0 saturated carbocycles. The predicted molar refractivity (Wildman–Crippen MR) is 88.4 cm³/mol. The third-order valence-corrected chi connectivity index (χ3v) is 3.15. The molecule has 1 aromatic carbocycles. The van der Waals surface area contributed by atoms with Crippen LogP contribution in [0.2, 0.25) is 0 Å². The van der Waals surface area contributed by atoms with Crippen LogP contribution in [-0.2, 0) is 0 Å². The number of methoxy groups -OCH3 is 1. The normalized spacial score (nSPS) is 10.5. The second-order valence-corrected chi connectivity index (χ2v) is 5.64. The second-order valence-electron chi connectivity index (χ2n) is 4.73. The molecule has 0 bridgehead atoms. The van der Waals surface area contributed by atoms with Crippen molar-refractivity contribution in [3.63, 3.8) is 0 Å². The number of nitrogens with zero attached hydrogens (tertiary/aromatic N) is 1. The Balaban J connectivity index is 2.29. The molecule has 0 aliphatic rings. The summed E-state index contributed by atoms with van der Waals surface area (Å²) in [6.07, 6.45) is 0.00968. The Morgan fingerprint density at radius 3 is 2.67 bits per heavy atom. The lowest BCUT2D eigenvalue weighted by Crippen LogP contribution is -2.09. The van der Waals surface area contributed by atoms with Gasteiger partial charge >= 0.3 is 0 Å². The van der Waals surface area contributed by atoms with Crippen LogP contribution in [0.15, 0.2) is 34.8 Å². The number of benzene rings is 1. The molecule has 2 rings (SSSR count). The fraction of sp³-hybridized carbons (Fsp3) is 0.267. The maximum atomic E-state index is 5.86. The minimum absolute atomic E-state index is 0.00968. The zero-order valence-electron chi connectivity index (χ0n) is 12.2. The van der Waals surface area contributed by atoms with E-state index in [0.29, 0.717) is 17.4 Å². The van der Waals surface area contributed by atoms with Crippen molar-refractivity contribution in [2.75, 3.05) is 18.2 Å². The van der Waals surface area contributed by atoms with Gasteiger partial charge in [0.05, 0.1) is 24.6 Å². The van der Waals surface area contributed by atoms with Crippen molar-refractivity contribution in [3.8, 4) is 11.6 Å². The van der Waals surface area contributed by atoms with Crippen LogP contribution in [0.3, 0.4) is 0 Å². The van der Waals surface area contributed by atoms with E-state index in [1.54, 1.807) is 19.2 Å². The van der Waals surface area contributed by atoms with Crippen LogP contribution in [-0.4, -0.2) is 18.2 Å². The summed E-state index contributed by atoms with van der Waals surface area (Å²) in [7, 11) is 1.62. The number of nitrogens with two attached hydrogens (primary N) is 1. The number of hydrogen-bond acceptors (Lipinski definition) is 5. The molecule has 0 fully saturated rings. The standard InChI is InChI=1S/C15H18BrN3O2/c1-9(2)21-15-11(17)5-7-14(19-15)18-12-8-10(16)4-6-13(12)20-3/h4-9H,17H2,1-3H3,(H,18,19). The predicted octanol–water partition coefficient (Wildman–Crippen LogP) is 3.97. The van der Waals surface area contributed by atoms with Gasteiger partial charge in [0.2, 0.25) is 5.88 Å². The van der Waals surface area contributed by atoms with E-state index in [9.17, 15) is 0 Å². The smallest absolute Gasteiger partial charge is 0.239 e. The molecule has 21 heavy (non-hydrogen) atoms. The summed E-state index contributed by atoms with van der Waals surface area (Å²) in [5.74, 6) is 1.78. The van der Waals surface area contributed by atoms with Crippen LogP contribution in [0, 0.1) is 0 Å². The molecule has 3 N–H and O–H groups in total. The number of nitrogens with one attached hydrogen (secondary N) is 1. The lowest BCUT2D eigenvalue weighted by Gasteiger charge is -2.14. The van der Waals surface area contributed by atoms with Crippen molar-refractivity contribution >= 4 is 33.1 Å². The van der Waals surface area contributed by atoms with E-state index in [0.717, 1.165) is 15.9 Å². The zero-order chi connectivity index (χ0) is 15.4. The highest BCUT2D eigenvalue weighted by Crippen LogP contribution is 2.31. The molecule has 2 aromatic rings. The van der Waals surface area contributed by atoms with Gasteiger partial charge in [0.15, 0.2) is 0 Å². The van der Waals surface area contributed by atoms with Gasteiger partial charge in [-0.25, -0.2) is 0 Å². The molecular weight excluding hydrogens is 334 g/mol. The summed E-state index contributed by atoms with van der Waals surface area (Å²) in [6.45, 7) is 3.86. The number of ether oxygens (including phenoxy) is 2. The lowest BCUT2D eigenvalue weighted by molar-refractivity contribution is 0.234. The molecule has 0 aliphatic carbocycles. The molecule has 1 aromatic heterocycles. The first-order chi connectivity index (χ1) is 9.99. The molecule has 6 heteroatoms. The van der Waals surface area contributed by atoms with Crippen molar-refractivity contribution < 1.29 is 9.47 Å². The zero-order valence-corrected chi connectivity index (χ0v) is 13.8. The summed E-state index contributed by atoms with van der Waals surface area (Å²) in [5, 5.41) is 3.20. The molecule has 0 saturated heterocycles. The number of aromatic nitrogens is 1. The van der Waals surface area contributed by atoms with Gasteiger partial charge in [0.1, 0.15) is 11.6 Å². The van der Waals surface area contributed by atoms with E-state index in [2.05, 4.69) is 26.2 Å². The minimum Gasteiger partial charge on any atom is -0.495 e. The van der Waals surface area contributed by atoms with Crippen LogP contribution in [0.1, 0.15) is 13.8 Å². The maximum Gasteiger partial charge on any atom is 0.239 e. The summed E-state index contributed by atoms with van der Waals surface area (Å²) in [4.78, 5) is 4.38. The molecule has 0 unspecified atom stereocenters. The van der Waals surface area contributed by atoms with Gasteiger partial charge in [-0.2, -0.15) is 4.98 Å². The number of halogens is 1. The maximum absolute atomic E-state index is 5.86. The van der Waals surface area contributed by atoms with E-state index in [4.69, 9.17) is 15.2 Å². The van der Waals surface area contributed by atoms with E-state index in [-0.39, 0.29) is 6.10 Å². The van der Waals surface area contributed by atoms with Crippen molar-refractivity contribution in [3.05, 3.63) is 34.8 Å². The highest BCUT2D eigenvalue weighted by Gasteiger charge is 2.09. The monoisotopic (exact) mass is 351 g/mol. The molecule has 1 heterocycles. The van der Waals surface area contributed by atoms with Crippen molar-refractivity contribution in [1.82, 2.24) is 4.98 Å². The van der Waals surface area contributed by atoms with E-state index in [1.165, 1.54) is 0 Å². The Hall–Kier alpha value is -1.95. The second kappa shape index (κ2) is 6.67.